The Morgan fingerprint density at radius 2 is 2.05 bits per heavy atom. The van der Waals surface area contributed by atoms with Crippen LogP contribution < -0.4 is 9.47 Å². The van der Waals surface area contributed by atoms with Crippen molar-refractivity contribution >= 4 is 11.6 Å². The first-order valence-corrected chi connectivity index (χ1v) is 6.16. The van der Waals surface area contributed by atoms with Crippen molar-refractivity contribution in [3.63, 3.8) is 0 Å². The molecule has 0 atom stereocenters. The minimum Gasteiger partial charge on any atom is -0.495 e. The van der Waals surface area contributed by atoms with E-state index in [9.17, 15) is 4.39 Å². The van der Waals surface area contributed by atoms with E-state index in [4.69, 9.17) is 26.3 Å². The third-order valence-electron chi connectivity index (χ3n) is 2.68. The summed E-state index contributed by atoms with van der Waals surface area (Å²) in [5.74, 6) is 0.353. The Kier molecular flexibility index (Phi) is 4.44. The Morgan fingerprint density at radius 3 is 2.70 bits per heavy atom. The summed E-state index contributed by atoms with van der Waals surface area (Å²) in [4.78, 5) is 0. The lowest BCUT2D eigenvalue weighted by Crippen LogP contribution is -1.97. The maximum absolute atomic E-state index is 13.3. The van der Waals surface area contributed by atoms with Crippen molar-refractivity contribution in [1.82, 2.24) is 0 Å². The molecule has 0 saturated heterocycles. The van der Waals surface area contributed by atoms with Crippen molar-refractivity contribution in [1.29, 1.82) is 5.26 Å². The van der Waals surface area contributed by atoms with Gasteiger partial charge >= 0.3 is 0 Å². The standard InChI is InChI=1S/C15H11ClFNO2/c1-19-15-5-2-10(6-11(15)8-18)9-20-12-3-4-13(16)14(17)7-12/h2-7H,9H2,1H3. The summed E-state index contributed by atoms with van der Waals surface area (Å²) >= 11 is 5.59. The zero-order valence-corrected chi connectivity index (χ0v) is 11.4. The molecule has 0 unspecified atom stereocenters. The highest BCUT2D eigenvalue weighted by Crippen LogP contribution is 2.23. The fourth-order valence-corrected chi connectivity index (χ4v) is 1.78. The minimum absolute atomic E-state index is 0.0496. The van der Waals surface area contributed by atoms with Crippen LogP contribution in [0.25, 0.3) is 0 Å². The van der Waals surface area contributed by atoms with E-state index in [1.807, 2.05) is 6.07 Å². The highest BCUT2D eigenvalue weighted by atomic mass is 35.5. The molecule has 0 aliphatic carbocycles. The zero-order chi connectivity index (χ0) is 14.5. The van der Waals surface area contributed by atoms with Crippen LogP contribution in [0.1, 0.15) is 11.1 Å². The monoisotopic (exact) mass is 291 g/mol. The number of rotatable bonds is 4. The number of hydrogen-bond donors (Lipinski definition) is 0. The van der Waals surface area contributed by atoms with Crippen LogP contribution in [-0.4, -0.2) is 7.11 Å². The molecule has 0 fully saturated rings. The molecule has 0 bridgehead atoms. The topological polar surface area (TPSA) is 42.2 Å². The lowest BCUT2D eigenvalue weighted by Gasteiger charge is -2.08. The molecule has 0 aliphatic heterocycles. The summed E-state index contributed by atoms with van der Waals surface area (Å²) in [6.07, 6.45) is 0. The molecule has 102 valence electrons. The first-order valence-electron chi connectivity index (χ1n) is 5.79. The predicted molar refractivity (Wildman–Crippen MR) is 73.5 cm³/mol. The molecule has 0 aromatic heterocycles. The second kappa shape index (κ2) is 6.27. The van der Waals surface area contributed by atoms with E-state index in [1.54, 1.807) is 24.3 Å². The highest BCUT2D eigenvalue weighted by molar-refractivity contribution is 6.30. The first kappa shape index (κ1) is 14.2. The molecule has 0 spiro atoms. The summed E-state index contributed by atoms with van der Waals surface area (Å²) < 4.78 is 23.8. The quantitative estimate of drug-likeness (QED) is 0.857. The molecule has 0 saturated carbocycles. The van der Waals surface area contributed by atoms with Gasteiger partial charge in [0.25, 0.3) is 0 Å². The van der Waals surface area contributed by atoms with E-state index in [0.717, 1.165) is 5.56 Å². The van der Waals surface area contributed by atoms with Crippen molar-refractivity contribution < 1.29 is 13.9 Å². The molecule has 2 aromatic rings. The number of ether oxygens (including phenoxy) is 2. The second-order valence-electron chi connectivity index (χ2n) is 4.01. The van der Waals surface area contributed by atoms with Gasteiger partial charge in [-0.15, -0.1) is 0 Å². The number of methoxy groups -OCH3 is 1. The fourth-order valence-electron chi connectivity index (χ4n) is 1.67. The zero-order valence-electron chi connectivity index (χ0n) is 10.7. The fraction of sp³-hybridized carbons (Fsp3) is 0.133. The highest BCUT2D eigenvalue weighted by Gasteiger charge is 2.05. The summed E-state index contributed by atoms with van der Waals surface area (Å²) in [6.45, 7) is 0.222. The van der Waals surface area contributed by atoms with Crippen LogP contribution in [0.15, 0.2) is 36.4 Å². The maximum atomic E-state index is 13.3. The Bertz CT molecular complexity index is 667. The molecule has 3 nitrogen and oxygen atoms in total. The summed E-state index contributed by atoms with van der Waals surface area (Å²) in [5, 5.41) is 9.04. The Morgan fingerprint density at radius 1 is 1.25 bits per heavy atom. The van der Waals surface area contributed by atoms with Gasteiger partial charge in [0.1, 0.15) is 30.0 Å². The van der Waals surface area contributed by atoms with Gasteiger partial charge in [0.2, 0.25) is 0 Å². The van der Waals surface area contributed by atoms with Crippen LogP contribution in [0, 0.1) is 17.1 Å². The van der Waals surface area contributed by atoms with Crippen molar-refractivity contribution in [2.45, 2.75) is 6.61 Å². The molecule has 0 heterocycles. The van der Waals surface area contributed by atoms with Gasteiger partial charge in [-0.05, 0) is 29.8 Å². The Hall–Kier alpha value is -2.25. The van der Waals surface area contributed by atoms with Gasteiger partial charge in [0, 0.05) is 6.07 Å². The Labute approximate surface area is 121 Å². The van der Waals surface area contributed by atoms with Crippen molar-refractivity contribution in [2.24, 2.45) is 0 Å². The van der Waals surface area contributed by atoms with Crippen molar-refractivity contribution in [3.05, 3.63) is 58.4 Å². The maximum Gasteiger partial charge on any atom is 0.145 e. The number of nitriles is 1. The van der Waals surface area contributed by atoms with Gasteiger partial charge in [0.05, 0.1) is 17.7 Å². The average Bonchev–Trinajstić information content (AvgIpc) is 2.48. The van der Waals surface area contributed by atoms with Gasteiger partial charge < -0.3 is 9.47 Å². The van der Waals surface area contributed by atoms with Crippen LogP contribution in [0.3, 0.4) is 0 Å². The second-order valence-corrected chi connectivity index (χ2v) is 4.42. The summed E-state index contributed by atoms with van der Waals surface area (Å²) in [6, 6.07) is 11.4. The largest absolute Gasteiger partial charge is 0.495 e. The SMILES string of the molecule is COc1ccc(COc2ccc(Cl)c(F)c2)cc1C#N. The lowest BCUT2D eigenvalue weighted by atomic mass is 10.1. The lowest BCUT2D eigenvalue weighted by molar-refractivity contribution is 0.304. The van der Waals surface area contributed by atoms with E-state index < -0.39 is 5.82 Å². The number of halogens is 2. The molecule has 0 aliphatic rings. The van der Waals surface area contributed by atoms with Crippen LogP contribution in [-0.2, 0) is 6.61 Å². The van der Waals surface area contributed by atoms with Crippen LogP contribution >= 0.6 is 11.6 Å². The van der Waals surface area contributed by atoms with Gasteiger partial charge in [-0.1, -0.05) is 17.7 Å². The van der Waals surface area contributed by atoms with E-state index in [0.29, 0.717) is 17.1 Å². The molecule has 2 aromatic carbocycles. The van der Waals surface area contributed by atoms with Crippen LogP contribution in [0.4, 0.5) is 4.39 Å². The molecule has 5 heteroatoms. The van der Waals surface area contributed by atoms with Crippen molar-refractivity contribution in [2.75, 3.05) is 7.11 Å². The Balaban J connectivity index is 2.11. The molecular weight excluding hydrogens is 281 g/mol. The third kappa shape index (κ3) is 3.19. The number of hydrogen-bond acceptors (Lipinski definition) is 3. The van der Waals surface area contributed by atoms with Gasteiger partial charge in [-0.3, -0.25) is 0 Å². The van der Waals surface area contributed by atoms with Gasteiger partial charge in [-0.25, -0.2) is 4.39 Å². The normalized spacial score (nSPS) is 9.90. The molecule has 0 amide bonds. The minimum atomic E-state index is -0.531. The van der Waals surface area contributed by atoms with E-state index in [-0.39, 0.29) is 11.6 Å². The van der Waals surface area contributed by atoms with Crippen LogP contribution in [0.2, 0.25) is 5.02 Å². The smallest absolute Gasteiger partial charge is 0.145 e. The third-order valence-corrected chi connectivity index (χ3v) is 2.99. The van der Waals surface area contributed by atoms with Crippen LogP contribution in [0.5, 0.6) is 11.5 Å². The van der Waals surface area contributed by atoms with E-state index in [2.05, 4.69) is 0 Å². The molecular formula is C15H11ClFNO2. The van der Waals surface area contributed by atoms with Crippen molar-refractivity contribution in [3.8, 4) is 17.6 Å². The number of nitrogens with zero attached hydrogens (tertiary/aromatic N) is 1. The van der Waals surface area contributed by atoms with E-state index >= 15 is 0 Å². The average molecular weight is 292 g/mol. The van der Waals surface area contributed by atoms with Gasteiger partial charge in [0.15, 0.2) is 0 Å². The van der Waals surface area contributed by atoms with E-state index in [1.165, 1.54) is 19.2 Å². The molecule has 0 N–H and O–H groups in total. The first-order chi connectivity index (χ1) is 9.63. The molecule has 0 radical (unpaired) electrons. The summed E-state index contributed by atoms with van der Waals surface area (Å²) in [5.41, 5.74) is 1.22. The van der Waals surface area contributed by atoms with Gasteiger partial charge in [-0.2, -0.15) is 5.26 Å². The molecule has 20 heavy (non-hydrogen) atoms. The summed E-state index contributed by atoms with van der Waals surface area (Å²) in [7, 11) is 1.50. The number of benzene rings is 2. The molecule has 2 rings (SSSR count). The predicted octanol–water partition coefficient (Wildman–Crippen LogP) is 3.94.